The highest BCUT2D eigenvalue weighted by Crippen LogP contribution is 2.44. The van der Waals surface area contributed by atoms with E-state index in [-0.39, 0.29) is 18.4 Å². The maximum Gasteiger partial charge on any atom is 0.317 e. The number of hydrogen-bond donors (Lipinski definition) is 2. The second kappa shape index (κ2) is 4.55. The highest BCUT2D eigenvalue weighted by Gasteiger charge is 2.38. The summed E-state index contributed by atoms with van der Waals surface area (Å²) in [5, 5.41) is 11.6. The fourth-order valence-electron chi connectivity index (χ4n) is 2.22. The molecule has 1 atom stereocenters. The SMILES string of the molecule is CC1(CNC(=O)N2CCC(CC(=O)O)C2)CC1. The first-order valence-corrected chi connectivity index (χ1v) is 6.23. The van der Waals surface area contributed by atoms with Crippen LogP contribution in [0.25, 0.3) is 0 Å². The van der Waals surface area contributed by atoms with Crippen molar-refractivity contribution >= 4 is 12.0 Å². The van der Waals surface area contributed by atoms with Gasteiger partial charge in [-0.25, -0.2) is 4.79 Å². The van der Waals surface area contributed by atoms with Crippen LogP contribution in [0.1, 0.15) is 32.6 Å². The van der Waals surface area contributed by atoms with Crippen LogP contribution in [0, 0.1) is 11.3 Å². The van der Waals surface area contributed by atoms with Crippen molar-refractivity contribution in [3.05, 3.63) is 0 Å². The van der Waals surface area contributed by atoms with Crippen molar-refractivity contribution in [1.29, 1.82) is 0 Å². The number of nitrogens with one attached hydrogen (secondary N) is 1. The molecule has 0 bridgehead atoms. The highest BCUT2D eigenvalue weighted by molar-refractivity contribution is 5.75. The fraction of sp³-hybridized carbons (Fsp3) is 0.833. The quantitative estimate of drug-likeness (QED) is 0.778. The molecule has 96 valence electrons. The number of rotatable bonds is 4. The molecule has 0 radical (unpaired) electrons. The van der Waals surface area contributed by atoms with Crippen LogP contribution in [-0.4, -0.2) is 41.6 Å². The van der Waals surface area contributed by atoms with E-state index < -0.39 is 5.97 Å². The Labute approximate surface area is 101 Å². The largest absolute Gasteiger partial charge is 0.481 e. The molecule has 2 aliphatic rings. The predicted octanol–water partition coefficient (Wildman–Crippen LogP) is 1.29. The summed E-state index contributed by atoms with van der Waals surface area (Å²) < 4.78 is 0. The van der Waals surface area contributed by atoms with Gasteiger partial charge in [0.15, 0.2) is 0 Å². The van der Waals surface area contributed by atoms with E-state index in [9.17, 15) is 9.59 Å². The lowest BCUT2D eigenvalue weighted by atomic mass is 10.1. The Balaban J connectivity index is 1.71. The molecule has 1 aliphatic heterocycles. The molecule has 1 aliphatic carbocycles. The fourth-order valence-corrected chi connectivity index (χ4v) is 2.22. The van der Waals surface area contributed by atoms with Gasteiger partial charge in [0, 0.05) is 26.1 Å². The van der Waals surface area contributed by atoms with Gasteiger partial charge >= 0.3 is 12.0 Å². The van der Waals surface area contributed by atoms with E-state index in [0.29, 0.717) is 18.5 Å². The van der Waals surface area contributed by atoms with Crippen LogP contribution in [0.5, 0.6) is 0 Å². The van der Waals surface area contributed by atoms with Gasteiger partial charge in [-0.2, -0.15) is 0 Å². The van der Waals surface area contributed by atoms with E-state index >= 15 is 0 Å². The highest BCUT2D eigenvalue weighted by atomic mass is 16.4. The van der Waals surface area contributed by atoms with Crippen LogP contribution in [-0.2, 0) is 4.79 Å². The molecule has 5 nitrogen and oxygen atoms in total. The number of amides is 2. The summed E-state index contributed by atoms with van der Waals surface area (Å²) in [6.07, 6.45) is 3.35. The van der Waals surface area contributed by atoms with Crippen molar-refractivity contribution in [1.82, 2.24) is 10.2 Å². The van der Waals surface area contributed by atoms with Crippen molar-refractivity contribution in [3.8, 4) is 0 Å². The van der Waals surface area contributed by atoms with Gasteiger partial charge in [-0.05, 0) is 30.6 Å². The van der Waals surface area contributed by atoms with E-state index in [1.165, 1.54) is 12.8 Å². The minimum atomic E-state index is -0.775. The molecule has 2 fully saturated rings. The Kier molecular flexibility index (Phi) is 3.26. The topological polar surface area (TPSA) is 69.6 Å². The van der Waals surface area contributed by atoms with Crippen LogP contribution in [0.2, 0.25) is 0 Å². The van der Waals surface area contributed by atoms with Crippen molar-refractivity contribution in [2.24, 2.45) is 11.3 Å². The zero-order chi connectivity index (χ0) is 12.5. The van der Waals surface area contributed by atoms with Gasteiger partial charge in [-0.1, -0.05) is 6.92 Å². The summed E-state index contributed by atoms with van der Waals surface area (Å²) >= 11 is 0. The Morgan fingerprint density at radius 2 is 2.18 bits per heavy atom. The van der Waals surface area contributed by atoms with E-state index in [2.05, 4.69) is 12.2 Å². The number of urea groups is 1. The number of nitrogens with zero attached hydrogens (tertiary/aromatic N) is 1. The van der Waals surface area contributed by atoms with Gasteiger partial charge < -0.3 is 15.3 Å². The number of carbonyl (C=O) groups is 2. The second-order valence-electron chi connectivity index (χ2n) is 5.67. The van der Waals surface area contributed by atoms with Gasteiger partial charge in [-0.15, -0.1) is 0 Å². The van der Waals surface area contributed by atoms with Crippen LogP contribution in [0.4, 0.5) is 4.79 Å². The van der Waals surface area contributed by atoms with E-state index in [4.69, 9.17) is 5.11 Å². The van der Waals surface area contributed by atoms with Gasteiger partial charge in [0.05, 0.1) is 0 Å². The summed E-state index contributed by atoms with van der Waals surface area (Å²) in [6.45, 7) is 4.17. The summed E-state index contributed by atoms with van der Waals surface area (Å²) in [7, 11) is 0. The molecule has 0 aromatic carbocycles. The molecule has 0 aromatic heterocycles. The van der Waals surface area contributed by atoms with Gasteiger partial charge in [0.1, 0.15) is 0 Å². The number of aliphatic carboxylic acids is 1. The van der Waals surface area contributed by atoms with E-state index in [1.807, 2.05) is 0 Å². The Morgan fingerprint density at radius 1 is 1.47 bits per heavy atom. The maximum absolute atomic E-state index is 11.8. The molecule has 2 amide bonds. The van der Waals surface area contributed by atoms with Crippen LogP contribution in [0.15, 0.2) is 0 Å². The minimum absolute atomic E-state index is 0.0361. The van der Waals surface area contributed by atoms with Crippen LogP contribution >= 0.6 is 0 Å². The van der Waals surface area contributed by atoms with Crippen molar-refractivity contribution in [3.63, 3.8) is 0 Å². The molecule has 0 aromatic rings. The number of hydrogen-bond acceptors (Lipinski definition) is 2. The molecular formula is C12H20N2O3. The molecule has 1 heterocycles. The predicted molar refractivity (Wildman–Crippen MR) is 62.7 cm³/mol. The summed E-state index contributed by atoms with van der Waals surface area (Å²) in [4.78, 5) is 24.1. The summed E-state index contributed by atoms with van der Waals surface area (Å²) in [5.41, 5.74) is 0.315. The van der Waals surface area contributed by atoms with Crippen LogP contribution < -0.4 is 5.32 Å². The van der Waals surface area contributed by atoms with Crippen LogP contribution in [0.3, 0.4) is 0 Å². The average molecular weight is 240 g/mol. The lowest BCUT2D eigenvalue weighted by Crippen LogP contribution is -2.40. The summed E-state index contributed by atoms with van der Waals surface area (Å²) in [5.74, 6) is -0.655. The molecule has 2 N–H and O–H groups in total. The first kappa shape index (κ1) is 12.2. The second-order valence-corrected chi connectivity index (χ2v) is 5.67. The van der Waals surface area contributed by atoms with Gasteiger partial charge in [-0.3, -0.25) is 4.79 Å². The number of carboxylic acids is 1. The first-order valence-electron chi connectivity index (χ1n) is 6.23. The average Bonchev–Trinajstić information content (AvgIpc) is 2.81. The molecule has 5 heteroatoms. The molecule has 1 saturated heterocycles. The number of carboxylic acid groups (broad SMARTS) is 1. The van der Waals surface area contributed by atoms with E-state index in [0.717, 1.165) is 13.0 Å². The lowest BCUT2D eigenvalue weighted by Gasteiger charge is -2.18. The molecule has 1 saturated carbocycles. The van der Waals surface area contributed by atoms with E-state index in [1.54, 1.807) is 4.90 Å². The van der Waals surface area contributed by atoms with Gasteiger partial charge in [0.25, 0.3) is 0 Å². The Bertz CT molecular complexity index is 326. The molecule has 0 spiro atoms. The smallest absolute Gasteiger partial charge is 0.317 e. The third-order valence-electron chi connectivity index (χ3n) is 3.81. The van der Waals surface area contributed by atoms with Crippen molar-refractivity contribution in [2.75, 3.05) is 19.6 Å². The Hall–Kier alpha value is -1.26. The maximum atomic E-state index is 11.8. The zero-order valence-electron chi connectivity index (χ0n) is 10.2. The van der Waals surface area contributed by atoms with Crippen molar-refractivity contribution in [2.45, 2.75) is 32.6 Å². The summed E-state index contributed by atoms with van der Waals surface area (Å²) in [6, 6.07) is -0.0361. The van der Waals surface area contributed by atoms with Gasteiger partial charge in [0.2, 0.25) is 0 Å². The molecule has 2 rings (SSSR count). The third-order valence-corrected chi connectivity index (χ3v) is 3.81. The normalized spacial score (nSPS) is 25.7. The standard InChI is InChI=1S/C12H20N2O3/c1-12(3-4-12)8-13-11(17)14-5-2-9(7-14)6-10(15)16/h9H,2-8H2,1H3,(H,13,17)(H,15,16). The Morgan fingerprint density at radius 3 is 2.76 bits per heavy atom. The zero-order valence-corrected chi connectivity index (χ0v) is 10.2. The molecule has 1 unspecified atom stereocenters. The lowest BCUT2D eigenvalue weighted by molar-refractivity contribution is -0.138. The molecular weight excluding hydrogens is 220 g/mol. The number of carbonyl (C=O) groups excluding carboxylic acids is 1. The molecule has 17 heavy (non-hydrogen) atoms. The third kappa shape index (κ3) is 3.35. The van der Waals surface area contributed by atoms with Crippen molar-refractivity contribution < 1.29 is 14.7 Å². The minimum Gasteiger partial charge on any atom is -0.481 e. The monoisotopic (exact) mass is 240 g/mol. The number of likely N-dealkylation sites (tertiary alicyclic amines) is 1. The first-order chi connectivity index (χ1) is 7.98.